The van der Waals surface area contributed by atoms with E-state index in [-0.39, 0.29) is 31.8 Å². The number of carbonyl (C=O) groups excluding carboxylic acids is 4. The monoisotopic (exact) mass is 533 g/mol. The summed E-state index contributed by atoms with van der Waals surface area (Å²) in [6.07, 6.45) is 6.94. The summed E-state index contributed by atoms with van der Waals surface area (Å²) in [6.45, 7) is 11.2. The highest BCUT2D eigenvalue weighted by atomic mass is 16.6. The number of hydrogen-bond acceptors (Lipinski definition) is 7. The third-order valence-corrected chi connectivity index (χ3v) is 10.6. The maximum absolute atomic E-state index is 14.0. The largest absolute Gasteiger partial charge is 0.465 e. The third-order valence-electron chi connectivity index (χ3n) is 10.6. The molecule has 0 aromatic rings. The van der Waals surface area contributed by atoms with Crippen molar-refractivity contribution >= 4 is 23.8 Å². The summed E-state index contributed by atoms with van der Waals surface area (Å²) in [5.41, 5.74) is 1.96. The normalized spacial score (nSPS) is 37.9. The van der Waals surface area contributed by atoms with Crippen molar-refractivity contribution in [3.05, 3.63) is 0 Å². The van der Waals surface area contributed by atoms with E-state index in [9.17, 15) is 19.2 Å². The second-order valence-electron chi connectivity index (χ2n) is 14.0. The minimum atomic E-state index is -1.19. The van der Waals surface area contributed by atoms with Crippen molar-refractivity contribution in [1.29, 1.82) is 0 Å². The molecule has 4 saturated carbocycles. The molecule has 1 amide bonds. The van der Waals surface area contributed by atoms with Gasteiger partial charge >= 0.3 is 17.9 Å². The maximum atomic E-state index is 14.0. The molecule has 38 heavy (non-hydrogen) atoms. The second kappa shape index (κ2) is 10.1. The summed E-state index contributed by atoms with van der Waals surface area (Å²) >= 11 is 0. The summed E-state index contributed by atoms with van der Waals surface area (Å²) < 4.78 is 17.5. The Morgan fingerprint density at radius 2 is 1.55 bits per heavy atom. The van der Waals surface area contributed by atoms with Crippen LogP contribution in [-0.2, 0) is 33.4 Å². The minimum Gasteiger partial charge on any atom is -0.465 e. The van der Waals surface area contributed by atoms with Crippen LogP contribution in [0.2, 0.25) is 0 Å². The van der Waals surface area contributed by atoms with Crippen molar-refractivity contribution in [2.24, 2.45) is 46.2 Å². The molecule has 8 heteroatoms. The number of carbonyl (C=O) groups is 4. The molecule has 214 valence electrons. The van der Waals surface area contributed by atoms with E-state index in [0.29, 0.717) is 24.7 Å². The van der Waals surface area contributed by atoms with Gasteiger partial charge in [-0.1, -0.05) is 13.8 Å². The van der Waals surface area contributed by atoms with Crippen LogP contribution in [-0.4, -0.2) is 41.6 Å². The summed E-state index contributed by atoms with van der Waals surface area (Å²) in [7, 11) is 0. The number of rotatable bonds is 10. The average Bonchev–Trinajstić information content (AvgIpc) is 2.81. The lowest BCUT2D eigenvalue weighted by Crippen LogP contribution is -2.59. The Labute approximate surface area is 227 Å². The topological polar surface area (TPSA) is 122 Å². The van der Waals surface area contributed by atoms with Gasteiger partial charge in [-0.05, 0) is 103 Å². The molecule has 1 saturated heterocycles. The van der Waals surface area contributed by atoms with E-state index in [2.05, 4.69) is 6.92 Å². The highest BCUT2D eigenvalue weighted by Crippen LogP contribution is 2.60. The fourth-order valence-corrected chi connectivity index (χ4v) is 8.08. The quantitative estimate of drug-likeness (QED) is 0.319. The lowest BCUT2D eigenvalue weighted by molar-refractivity contribution is -0.214. The number of esters is 3. The summed E-state index contributed by atoms with van der Waals surface area (Å²) in [4.78, 5) is 51.7. The Kier molecular flexibility index (Phi) is 7.69. The van der Waals surface area contributed by atoms with Crippen LogP contribution >= 0.6 is 0 Å². The highest BCUT2D eigenvalue weighted by Gasteiger charge is 2.58. The Morgan fingerprint density at radius 3 is 2.05 bits per heavy atom. The maximum Gasteiger partial charge on any atom is 0.312 e. The molecule has 0 aromatic heterocycles. The van der Waals surface area contributed by atoms with Crippen molar-refractivity contribution in [3.63, 3.8) is 0 Å². The van der Waals surface area contributed by atoms with Crippen LogP contribution in [0.5, 0.6) is 0 Å². The van der Waals surface area contributed by atoms with Crippen molar-refractivity contribution < 1.29 is 33.4 Å². The zero-order valence-corrected chi connectivity index (χ0v) is 24.1. The first-order valence-electron chi connectivity index (χ1n) is 14.5. The van der Waals surface area contributed by atoms with Crippen molar-refractivity contribution in [2.45, 2.75) is 117 Å². The smallest absolute Gasteiger partial charge is 0.312 e. The molecule has 0 radical (unpaired) electrons. The molecule has 4 atom stereocenters. The first-order valence-corrected chi connectivity index (χ1v) is 14.5. The predicted octanol–water partition coefficient (Wildman–Crippen LogP) is 4.71. The molecule has 8 nitrogen and oxygen atoms in total. The van der Waals surface area contributed by atoms with Crippen LogP contribution in [0.15, 0.2) is 0 Å². The van der Waals surface area contributed by atoms with Crippen molar-refractivity contribution in [3.8, 4) is 0 Å². The molecule has 5 rings (SSSR count). The molecule has 2 N–H and O–H groups in total. The summed E-state index contributed by atoms with van der Waals surface area (Å²) in [5.74, 6) is -0.0487. The fraction of sp³-hybridized carbons (Fsp3) is 0.867. The molecular weight excluding hydrogens is 486 g/mol. The molecule has 5 aliphatic rings. The van der Waals surface area contributed by atoms with Gasteiger partial charge in [0.15, 0.2) is 0 Å². The van der Waals surface area contributed by atoms with Gasteiger partial charge in [-0.2, -0.15) is 0 Å². The van der Waals surface area contributed by atoms with Crippen LogP contribution in [0.25, 0.3) is 0 Å². The SMILES string of the molecule is CCC(C)(CC(C)(CC(C)C(N)=O)C(=O)OC1(C)CCOC(=O)C1)C(=O)OC1(C)C2CC3CC(C2)CC1C3. The lowest BCUT2D eigenvalue weighted by atomic mass is 9.50. The van der Waals surface area contributed by atoms with E-state index < -0.39 is 45.8 Å². The molecule has 4 aliphatic carbocycles. The van der Waals surface area contributed by atoms with Gasteiger partial charge in [0.25, 0.3) is 0 Å². The molecule has 4 bridgehead atoms. The van der Waals surface area contributed by atoms with Gasteiger partial charge < -0.3 is 19.9 Å². The zero-order valence-electron chi connectivity index (χ0n) is 24.1. The second-order valence-corrected chi connectivity index (χ2v) is 14.0. The number of amides is 1. The van der Waals surface area contributed by atoms with E-state index in [4.69, 9.17) is 19.9 Å². The standard InChI is InChI=1S/C30H47NO7/c1-7-27(3,25(34)38-30(6)21-11-19-10-20(13-21)14-22(30)12-19)17-28(4,15-18(2)24(31)33)26(35)37-29(5)8-9-36-23(32)16-29/h18-22H,7-17H2,1-6H3,(H2,31,33). The molecule has 4 unspecified atom stereocenters. The van der Waals surface area contributed by atoms with Crippen LogP contribution < -0.4 is 5.73 Å². The number of primary amides is 1. The van der Waals surface area contributed by atoms with E-state index in [1.165, 1.54) is 6.42 Å². The number of cyclic esters (lactones) is 1. The van der Waals surface area contributed by atoms with E-state index in [0.717, 1.165) is 37.5 Å². The first-order chi connectivity index (χ1) is 17.6. The zero-order chi connectivity index (χ0) is 28.1. The highest BCUT2D eigenvalue weighted by molar-refractivity contribution is 5.83. The molecule has 0 aromatic carbocycles. The van der Waals surface area contributed by atoms with Crippen LogP contribution in [0.3, 0.4) is 0 Å². The molecule has 1 heterocycles. The molecule has 0 spiro atoms. The Morgan fingerprint density at radius 1 is 1.00 bits per heavy atom. The average molecular weight is 534 g/mol. The van der Waals surface area contributed by atoms with Gasteiger partial charge in [-0.15, -0.1) is 0 Å². The molecular formula is C30H47NO7. The summed E-state index contributed by atoms with van der Waals surface area (Å²) in [5, 5.41) is 0. The predicted molar refractivity (Wildman–Crippen MR) is 140 cm³/mol. The van der Waals surface area contributed by atoms with Crippen LogP contribution in [0.1, 0.15) is 106 Å². The van der Waals surface area contributed by atoms with E-state index in [1.807, 2.05) is 13.8 Å². The molecule has 5 fully saturated rings. The Balaban J connectivity index is 1.55. The van der Waals surface area contributed by atoms with Gasteiger partial charge in [0.05, 0.1) is 23.9 Å². The van der Waals surface area contributed by atoms with Crippen LogP contribution in [0.4, 0.5) is 0 Å². The van der Waals surface area contributed by atoms with Gasteiger partial charge in [0.1, 0.15) is 11.2 Å². The third kappa shape index (κ3) is 5.46. The first kappa shape index (κ1) is 28.9. The van der Waals surface area contributed by atoms with Crippen molar-refractivity contribution in [1.82, 2.24) is 0 Å². The number of nitrogens with two attached hydrogens (primary N) is 1. The van der Waals surface area contributed by atoms with E-state index >= 15 is 0 Å². The Bertz CT molecular complexity index is 950. The van der Waals surface area contributed by atoms with Crippen molar-refractivity contribution in [2.75, 3.05) is 6.61 Å². The van der Waals surface area contributed by atoms with Gasteiger partial charge in [0, 0.05) is 12.3 Å². The number of hydrogen-bond donors (Lipinski definition) is 1. The van der Waals surface area contributed by atoms with Gasteiger partial charge in [-0.25, -0.2) is 0 Å². The van der Waals surface area contributed by atoms with Crippen LogP contribution in [0, 0.1) is 40.4 Å². The minimum absolute atomic E-state index is 0.0313. The Hall–Kier alpha value is -2.12. The van der Waals surface area contributed by atoms with E-state index in [1.54, 1.807) is 20.8 Å². The lowest BCUT2D eigenvalue weighted by Gasteiger charge is -2.59. The van der Waals surface area contributed by atoms with Gasteiger partial charge in [-0.3, -0.25) is 19.2 Å². The fourth-order valence-electron chi connectivity index (χ4n) is 8.08. The molecule has 1 aliphatic heterocycles. The van der Waals surface area contributed by atoms with Gasteiger partial charge in [0.2, 0.25) is 5.91 Å². The summed E-state index contributed by atoms with van der Waals surface area (Å²) in [6, 6.07) is 0. The number of ether oxygens (including phenoxy) is 3.